The van der Waals surface area contributed by atoms with Crippen molar-refractivity contribution in [2.45, 2.75) is 0 Å². The van der Waals surface area contributed by atoms with Crippen LogP contribution in [0.3, 0.4) is 0 Å². The maximum atomic E-state index is 12.1. The standard InChI is InChI=1S/2C14H9NO3/c2*16-11-7-3-1-5-9(11)14-15-13(17)10-6-2-4-8-12(10)18-14/h2*1-8,16H/i2D,4D,6D,8D;1D,3D,5D,7D. The van der Waals surface area contributed by atoms with Gasteiger partial charge >= 0.3 is 0 Å². The summed E-state index contributed by atoms with van der Waals surface area (Å²) < 4.78 is 72.1. The van der Waals surface area contributed by atoms with Gasteiger partial charge in [-0.3, -0.25) is 9.59 Å². The molecule has 0 bridgehead atoms. The number of hydrogen-bond acceptors (Lipinski definition) is 8. The molecule has 176 valence electrons. The molecule has 0 fully saturated rings. The molecule has 0 saturated carbocycles. The smallest absolute Gasteiger partial charge is 0.284 e. The van der Waals surface area contributed by atoms with Crippen molar-refractivity contribution in [2.75, 3.05) is 0 Å². The van der Waals surface area contributed by atoms with E-state index in [0.29, 0.717) is 0 Å². The first-order chi connectivity index (χ1) is 20.8. The molecule has 4 aromatic carbocycles. The number of phenolic OH excluding ortho intramolecular Hbond substituents is 2. The normalized spacial score (nSPS) is 13.8. The Bertz CT molecular complexity index is 2230. The molecule has 6 rings (SSSR count). The average molecular weight is 487 g/mol. The Balaban J connectivity index is 0.000000175. The number of nitrogens with zero attached hydrogens (tertiary/aromatic N) is 2. The third kappa shape index (κ3) is 4.43. The molecule has 36 heavy (non-hydrogen) atoms. The maximum absolute atomic E-state index is 12.1. The van der Waals surface area contributed by atoms with E-state index in [4.69, 9.17) is 19.8 Å². The Morgan fingerprint density at radius 1 is 0.611 bits per heavy atom. The van der Waals surface area contributed by atoms with Crippen molar-refractivity contribution >= 4 is 21.9 Å². The van der Waals surface area contributed by atoms with Gasteiger partial charge in [-0.05, 0) is 48.4 Å². The highest BCUT2D eigenvalue weighted by Crippen LogP contribution is 2.28. The van der Waals surface area contributed by atoms with Crippen molar-refractivity contribution in [1.29, 1.82) is 0 Å². The molecule has 2 N–H and O–H groups in total. The molecule has 8 heteroatoms. The van der Waals surface area contributed by atoms with Gasteiger partial charge in [0.05, 0.1) is 32.9 Å². The molecule has 2 aromatic heterocycles. The average Bonchev–Trinajstić information content (AvgIpc) is 3.01. The molecule has 0 unspecified atom stereocenters. The Morgan fingerprint density at radius 3 is 2.06 bits per heavy atom. The first kappa shape index (κ1) is 14.9. The first-order valence-corrected chi connectivity index (χ1v) is 10.2. The van der Waals surface area contributed by atoms with Gasteiger partial charge < -0.3 is 19.0 Å². The Kier molecular flexibility index (Phi) is 3.95. The summed E-state index contributed by atoms with van der Waals surface area (Å²) in [5, 5.41) is 19.7. The fraction of sp³-hybridized carbons (Fsp3) is 0. The summed E-state index contributed by atoms with van der Waals surface area (Å²) in [7, 11) is 0. The number of benzene rings is 4. The summed E-state index contributed by atoms with van der Waals surface area (Å²) in [6.07, 6.45) is 0. The highest BCUT2D eigenvalue weighted by atomic mass is 16.4. The lowest BCUT2D eigenvalue weighted by Gasteiger charge is -2.03. The molecule has 0 aliphatic rings. The van der Waals surface area contributed by atoms with Gasteiger partial charge in [0, 0.05) is 0 Å². The quantitative estimate of drug-likeness (QED) is 0.345. The van der Waals surface area contributed by atoms with Crippen LogP contribution in [0.1, 0.15) is 11.0 Å². The Hall–Kier alpha value is -5.24. The number of para-hydroxylation sites is 4. The second-order valence-corrected chi connectivity index (χ2v) is 7.09. The lowest BCUT2D eigenvalue weighted by molar-refractivity contribution is 0.472. The number of fused-ring (bicyclic) bond motifs is 2. The number of phenols is 2. The molecule has 0 spiro atoms. The van der Waals surface area contributed by atoms with Crippen molar-refractivity contribution in [3.63, 3.8) is 0 Å². The van der Waals surface area contributed by atoms with E-state index in [1.54, 1.807) is 24.3 Å². The van der Waals surface area contributed by atoms with Crippen LogP contribution in [0.5, 0.6) is 11.5 Å². The summed E-state index contributed by atoms with van der Waals surface area (Å²) in [6.45, 7) is 0. The van der Waals surface area contributed by atoms with Crippen LogP contribution in [0.15, 0.2) is 115 Å². The zero-order chi connectivity index (χ0) is 32.0. The van der Waals surface area contributed by atoms with E-state index in [-0.39, 0.29) is 50.6 Å². The van der Waals surface area contributed by atoms with E-state index in [1.165, 1.54) is 24.3 Å². The monoisotopic (exact) mass is 486 g/mol. The van der Waals surface area contributed by atoms with Crippen molar-refractivity contribution in [1.82, 2.24) is 9.97 Å². The van der Waals surface area contributed by atoms with Crippen LogP contribution in [0.2, 0.25) is 0 Å². The highest BCUT2D eigenvalue weighted by Gasteiger charge is 2.12. The van der Waals surface area contributed by atoms with Gasteiger partial charge in [0.1, 0.15) is 22.7 Å². The lowest BCUT2D eigenvalue weighted by Crippen LogP contribution is -2.06. The van der Waals surface area contributed by atoms with E-state index < -0.39 is 65.2 Å². The van der Waals surface area contributed by atoms with E-state index in [0.717, 1.165) is 0 Å². The van der Waals surface area contributed by atoms with E-state index in [1.807, 2.05) is 0 Å². The Morgan fingerprint density at radius 2 is 1.22 bits per heavy atom. The van der Waals surface area contributed by atoms with Crippen molar-refractivity contribution < 1.29 is 30.0 Å². The van der Waals surface area contributed by atoms with Crippen molar-refractivity contribution in [3.05, 3.63) is 118 Å². The molecule has 0 saturated heterocycles. The zero-order valence-electron chi connectivity index (χ0n) is 26.0. The maximum Gasteiger partial charge on any atom is 0.284 e. The van der Waals surface area contributed by atoms with Gasteiger partial charge in [0.25, 0.3) is 11.1 Å². The molecule has 0 aliphatic carbocycles. The summed E-state index contributed by atoms with van der Waals surface area (Å²) >= 11 is 0. The van der Waals surface area contributed by atoms with Crippen LogP contribution in [0, 0.1) is 0 Å². The van der Waals surface area contributed by atoms with Gasteiger partial charge in [0.15, 0.2) is 0 Å². The minimum absolute atomic E-state index is 0.154. The lowest BCUT2D eigenvalue weighted by atomic mass is 10.2. The third-order valence-electron chi connectivity index (χ3n) is 4.81. The molecule has 6 aromatic rings. The molecular weight excluding hydrogens is 460 g/mol. The minimum Gasteiger partial charge on any atom is -0.507 e. The second kappa shape index (κ2) is 9.55. The number of aromatic hydroxyl groups is 2. The highest BCUT2D eigenvalue weighted by molar-refractivity contribution is 5.78. The molecule has 0 atom stereocenters. The summed E-state index contributed by atoms with van der Waals surface area (Å²) in [5.74, 6) is -1.43. The van der Waals surface area contributed by atoms with Crippen molar-refractivity contribution in [3.8, 4) is 34.4 Å². The number of hydrogen-bond donors (Lipinski definition) is 2. The zero-order valence-corrected chi connectivity index (χ0v) is 18.0. The number of rotatable bonds is 2. The van der Waals surface area contributed by atoms with Crippen LogP contribution in [-0.4, -0.2) is 20.2 Å². The Labute approximate surface area is 214 Å². The summed E-state index contributed by atoms with van der Waals surface area (Å²) in [5.41, 5.74) is -1.70. The largest absolute Gasteiger partial charge is 0.507 e. The molecule has 0 aliphatic heterocycles. The van der Waals surface area contributed by atoms with Gasteiger partial charge in [-0.15, -0.1) is 0 Å². The van der Waals surface area contributed by atoms with Crippen LogP contribution in [0.25, 0.3) is 44.8 Å². The van der Waals surface area contributed by atoms with Crippen LogP contribution in [-0.2, 0) is 0 Å². The van der Waals surface area contributed by atoms with Gasteiger partial charge in [-0.1, -0.05) is 48.4 Å². The molecule has 8 nitrogen and oxygen atoms in total. The van der Waals surface area contributed by atoms with E-state index in [2.05, 4.69) is 9.97 Å². The predicted octanol–water partition coefficient (Wildman–Crippen LogP) is 5.12. The predicted molar refractivity (Wildman–Crippen MR) is 135 cm³/mol. The molecule has 2 heterocycles. The van der Waals surface area contributed by atoms with Crippen LogP contribution < -0.4 is 11.1 Å². The summed E-state index contributed by atoms with van der Waals surface area (Å²) in [4.78, 5) is 31.5. The molecule has 0 amide bonds. The topological polar surface area (TPSA) is 127 Å². The fourth-order valence-corrected chi connectivity index (χ4v) is 3.14. The molecule has 0 radical (unpaired) electrons. The van der Waals surface area contributed by atoms with E-state index >= 15 is 0 Å². The van der Waals surface area contributed by atoms with Crippen molar-refractivity contribution in [2.24, 2.45) is 0 Å². The first-order valence-electron chi connectivity index (χ1n) is 14.2. The van der Waals surface area contributed by atoms with E-state index in [9.17, 15) is 19.8 Å². The second-order valence-electron chi connectivity index (χ2n) is 7.09. The van der Waals surface area contributed by atoms with Gasteiger partial charge in [-0.2, -0.15) is 9.97 Å². The molecular formula is C28H18N2O6. The third-order valence-corrected chi connectivity index (χ3v) is 4.81. The van der Waals surface area contributed by atoms with Gasteiger partial charge in [0.2, 0.25) is 11.8 Å². The van der Waals surface area contributed by atoms with Crippen LogP contribution >= 0.6 is 0 Å². The summed E-state index contributed by atoms with van der Waals surface area (Å²) in [6, 6.07) is 8.17. The van der Waals surface area contributed by atoms with Crippen LogP contribution in [0.4, 0.5) is 0 Å². The van der Waals surface area contributed by atoms with Gasteiger partial charge in [-0.25, -0.2) is 0 Å². The fourth-order valence-electron chi connectivity index (χ4n) is 3.14. The number of aromatic nitrogens is 2. The minimum atomic E-state index is -0.841. The SMILES string of the molecule is [2H]c1c([2H])c([2H])c(-c2nc(=O)c3ccccc3o2)c(O)c1[2H].[2H]c1c([2H])c([2H])c2c(=O)nc(-c3ccccc3O)oc2c1[2H].